The maximum Gasteiger partial charge on any atom is 0.322 e. The Labute approximate surface area is 217 Å². The Kier molecular flexibility index (Phi) is 9.14. The van der Waals surface area contributed by atoms with Crippen LogP contribution >= 0.6 is 23.2 Å². The van der Waals surface area contributed by atoms with Gasteiger partial charge in [-0.1, -0.05) is 44.1 Å². The minimum atomic E-state index is -1.35. The van der Waals surface area contributed by atoms with Crippen LogP contribution in [0.4, 0.5) is 10.5 Å². The van der Waals surface area contributed by atoms with Gasteiger partial charge in [0.2, 0.25) is 5.91 Å². The van der Waals surface area contributed by atoms with Crippen molar-refractivity contribution in [1.82, 2.24) is 20.5 Å². The zero-order valence-corrected chi connectivity index (χ0v) is 19.9. The van der Waals surface area contributed by atoms with Crippen LogP contribution < -0.4 is 15.5 Å². The summed E-state index contributed by atoms with van der Waals surface area (Å²) < 4.78 is 0. The Morgan fingerprint density at radius 1 is 1.14 bits per heavy atom. The molecule has 2 aromatic rings. The van der Waals surface area contributed by atoms with E-state index in [0.717, 1.165) is 11.4 Å². The molecule has 4 amide bonds. The Bertz CT molecular complexity index is 1110. The summed E-state index contributed by atoms with van der Waals surface area (Å²) in [4.78, 5) is 46.2. The molecule has 1 unspecified atom stereocenters. The number of halogens is 2. The SMILES string of the molecule is C.C.Cc1cccc(C2(CCC(=O)N3CCN(c4ccc(Cl)c(Cl)c4)[C@@H](C)C3)NC(=O)NC2=O)n1. The van der Waals surface area contributed by atoms with Crippen LogP contribution in [0.25, 0.3) is 0 Å². The molecule has 1 aromatic carbocycles. The zero-order valence-electron chi connectivity index (χ0n) is 18.4. The van der Waals surface area contributed by atoms with Crippen LogP contribution in [-0.4, -0.2) is 53.4 Å². The highest BCUT2D eigenvalue weighted by molar-refractivity contribution is 6.42. The second kappa shape index (κ2) is 11.3. The van der Waals surface area contributed by atoms with Crippen LogP contribution in [0.3, 0.4) is 0 Å². The number of anilines is 1. The number of imide groups is 1. The molecule has 4 rings (SSSR count). The molecule has 190 valence electrons. The number of nitrogens with one attached hydrogen (secondary N) is 2. The molecule has 0 radical (unpaired) electrons. The second-order valence-corrected chi connectivity index (χ2v) is 9.27. The minimum absolute atomic E-state index is 0. The molecule has 0 aliphatic carbocycles. The zero-order chi connectivity index (χ0) is 23.8. The van der Waals surface area contributed by atoms with Gasteiger partial charge in [-0.15, -0.1) is 0 Å². The summed E-state index contributed by atoms with van der Waals surface area (Å²) >= 11 is 12.2. The van der Waals surface area contributed by atoms with Crippen molar-refractivity contribution >= 4 is 46.7 Å². The fraction of sp³-hybridized carbons (Fsp3) is 0.440. The lowest BCUT2D eigenvalue weighted by atomic mass is 9.88. The third kappa shape index (κ3) is 5.70. The first kappa shape index (κ1) is 28.4. The molecule has 35 heavy (non-hydrogen) atoms. The van der Waals surface area contributed by atoms with Crippen molar-refractivity contribution in [1.29, 1.82) is 0 Å². The highest BCUT2D eigenvalue weighted by atomic mass is 35.5. The molecule has 2 atom stereocenters. The predicted molar refractivity (Wildman–Crippen MR) is 140 cm³/mol. The van der Waals surface area contributed by atoms with Crippen LogP contribution in [0, 0.1) is 6.92 Å². The number of carbonyl (C=O) groups excluding carboxylic acids is 3. The van der Waals surface area contributed by atoms with Gasteiger partial charge in [0.25, 0.3) is 5.91 Å². The lowest BCUT2D eigenvalue weighted by Gasteiger charge is -2.41. The van der Waals surface area contributed by atoms with E-state index >= 15 is 0 Å². The van der Waals surface area contributed by atoms with E-state index in [0.29, 0.717) is 35.4 Å². The molecule has 10 heteroatoms. The van der Waals surface area contributed by atoms with Gasteiger partial charge in [-0.25, -0.2) is 4.79 Å². The first-order chi connectivity index (χ1) is 15.7. The molecule has 2 aliphatic heterocycles. The van der Waals surface area contributed by atoms with Gasteiger partial charge in [-0.2, -0.15) is 0 Å². The first-order valence-electron chi connectivity index (χ1n) is 10.8. The summed E-state index contributed by atoms with van der Waals surface area (Å²) in [7, 11) is 0. The molecule has 2 N–H and O–H groups in total. The van der Waals surface area contributed by atoms with Crippen molar-refractivity contribution in [3.8, 4) is 0 Å². The van der Waals surface area contributed by atoms with E-state index in [4.69, 9.17) is 23.2 Å². The van der Waals surface area contributed by atoms with E-state index in [-0.39, 0.29) is 39.6 Å². The molecule has 1 aromatic heterocycles. The number of amides is 4. The highest BCUT2D eigenvalue weighted by Gasteiger charge is 2.49. The van der Waals surface area contributed by atoms with Gasteiger partial charge < -0.3 is 15.1 Å². The number of rotatable bonds is 5. The van der Waals surface area contributed by atoms with Crippen LogP contribution in [0.15, 0.2) is 36.4 Å². The maximum absolute atomic E-state index is 13.1. The largest absolute Gasteiger partial charge is 0.365 e. The highest BCUT2D eigenvalue weighted by Crippen LogP contribution is 2.31. The van der Waals surface area contributed by atoms with E-state index < -0.39 is 17.5 Å². The summed E-state index contributed by atoms with van der Waals surface area (Å²) in [5.41, 5.74) is 0.751. The average Bonchev–Trinajstić information content (AvgIpc) is 3.08. The van der Waals surface area contributed by atoms with Crippen LogP contribution in [0.2, 0.25) is 10.0 Å². The number of carbonyl (C=O) groups is 3. The Morgan fingerprint density at radius 3 is 2.49 bits per heavy atom. The third-order valence-electron chi connectivity index (χ3n) is 6.20. The number of urea groups is 1. The first-order valence-corrected chi connectivity index (χ1v) is 11.5. The number of hydrogen-bond acceptors (Lipinski definition) is 5. The number of benzene rings is 1. The van der Waals surface area contributed by atoms with Gasteiger partial charge in [0.1, 0.15) is 0 Å². The van der Waals surface area contributed by atoms with E-state index in [9.17, 15) is 14.4 Å². The van der Waals surface area contributed by atoms with Gasteiger partial charge >= 0.3 is 6.03 Å². The average molecular weight is 522 g/mol. The molecular formula is C25H33Cl2N5O3. The molecule has 0 spiro atoms. The van der Waals surface area contributed by atoms with E-state index in [1.807, 2.05) is 32.0 Å². The van der Waals surface area contributed by atoms with Gasteiger partial charge in [-0.05, 0) is 50.6 Å². The topological polar surface area (TPSA) is 94.6 Å². The summed E-state index contributed by atoms with van der Waals surface area (Å²) in [5, 5.41) is 5.98. The Hall–Kier alpha value is -2.84. The molecule has 2 aliphatic rings. The fourth-order valence-corrected chi connectivity index (χ4v) is 4.73. The quantitative estimate of drug-likeness (QED) is 0.564. The monoisotopic (exact) mass is 521 g/mol. The number of hydrogen-bond donors (Lipinski definition) is 2. The van der Waals surface area contributed by atoms with Crippen molar-refractivity contribution in [2.75, 3.05) is 24.5 Å². The van der Waals surface area contributed by atoms with E-state index in [1.165, 1.54) is 0 Å². The molecular weight excluding hydrogens is 489 g/mol. The molecule has 0 bridgehead atoms. The number of nitrogens with zero attached hydrogens (tertiary/aromatic N) is 3. The lowest BCUT2D eigenvalue weighted by molar-refractivity contribution is -0.133. The number of pyridine rings is 1. The van der Waals surface area contributed by atoms with Crippen LogP contribution in [-0.2, 0) is 15.1 Å². The maximum atomic E-state index is 13.1. The third-order valence-corrected chi connectivity index (χ3v) is 6.94. The Morgan fingerprint density at radius 2 is 1.89 bits per heavy atom. The summed E-state index contributed by atoms with van der Waals surface area (Å²) in [6.07, 6.45) is 0.226. The number of aromatic nitrogens is 1. The molecule has 2 fully saturated rings. The predicted octanol–water partition coefficient (Wildman–Crippen LogP) is 4.52. The fourth-order valence-electron chi connectivity index (χ4n) is 4.44. The minimum Gasteiger partial charge on any atom is -0.365 e. The molecule has 8 nitrogen and oxygen atoms in total. The second-order valence-electron chi connectivity index (χ2n) is 8.46. The molecule has 0 saturated carbocycles. The number of piperazine rings is 1. The van der Waals surface area contributed by atoms with E-state index in [1.54, 1.807) is 23.1 Å². The molecule has 3 heterocycles. The van der Waals surface area contributed by atoms with Crippen molar-refractivity contribution < 1.29 is 14.4 Å². The van der Waals surface area contributed by atoms with Crippen molar-refractivity contribution in [3.63, 3.8) is 0 Å². The van der Waals surface area contributed by atoms with Gasteiger partial charge in [0, 0.05) is 43.5 Å². The summed E-state index contributed by atoms with van der Waals surface area (Å²) in [5.74, 6) is -0.562. The van der Waals surface area contributed by atoms with Crippen LogP contribution in [0.5, 0.6) is 0 Å². The van der Waals surface area contributed by atoms with Gasteiger partial charge in [-0.3, -0.25) is 19.9 Å². The van der Waals surface area contributed by atoms with Crippen molar-refractivity contribution in [3.05, 3.63) is 57.8 Å². The van der Waals surface area contributed by atoms with Crippen molar-refractivity contribution in [2.45, 2.75) is 53.1 Å². The van der Waals surface area contributed by atoms with Crippen molar-refractivity contribution in [2.24, 2.45) is 0 Å². The van der Waals surface area contributed by atoms with Gasteiger partial charge in [0.15, 0.2) is 5.54 Å². The van der Waals surface area contributed by atoms with Crippen LogP contribution in [0.1, 0.15) is 46.0 Å². The van der Waals surface area contributed by atoms with E-state index in [2.05, 4.69) is 20.5 Å². The Balaban J connectivity index is 0.00000216. The summed E-state index contributed by atoms with van der Waals surface area (Å²) in [6, 6.07) is 10.3. The standard InChI is InChI=1S/C23H25Cl2N5O3.2CH4/c1-14-4-3-5-19(26-14)23(21(32)27-22(33)28-23)9-8-20(31)29-10-11-30(15(2)13-29)16-6-7-17(24)18(25)12-16;;/h3-7,12,15H,8-11,13H2,1-2H3,(H2,27,28,32,33);2*1H4/t15-,23?;;/m0../s1. The normalized spacial score (nSPS) is 21.5. The molecule has 2 saturated heterocycles. The summed E-state index contributed by atoms with van der Waals surface area (Å²) in [6.45, 7) is 5.58. The smallest absolute Gasteiger partial charge is 0.322 e. The number of aryl methyl sites for hydroxylation is 1. The van der Waals surface area contributed by atoms with Gasteiger partial charge in [0.05, 0.1) is 15.7 Å². The lowest BCUT2D eigenvalue weighted by Crippen LogP contribution is -2.54.